The molecule has 0 amide bonds. The summed E-state index contributed by atoms with van der Waals surface area (Å²) >= 11 is 0. The number of hydrogen-bond donors (Lipinski definition) is 0. The van der Waals surface area contributed by atoms with Gasteiger partial charge < -0.3 is 4.74 Å². The molecule has 0 atom stereocenters. The molecule has 0 aromatic heterocycles. The summed E-state index contributed by atoms with van der Waals surface area (Å²) < 4.78 is 4.39. The molecule has 1 aromatic carbocycles. The van der Waals surface area contributed by atoms with Gasteiger partial charge in [0.2, 0.25) is 0 Å². The molecule has 0 saturated heterocycles. The lowest BCUT2D eigenvalue weighted by Crippen LogP contribution is -1.96. The van der Waals surface area contributed by atoms with Crippen LogP contribution in [-0.2, 0) is 20.7 Å². The highest BCUT2D eigenvalue weighted by atomic mass is 16.5. The van der Waals surface area contributed by atoms with Crippen LogP contribution in [0.15, 0.2) is 24.3 Å². The van der Waals surface area contributed by atoms with Crippen LogP contribution >= 0.6 is 0 Å². The van der Waals surface area contributed by atoms with Crippen molar-refractivity contribution in [1.82, 2.24) is 0 Å². The van der Waals surface area contributed by atoms with Crippen molar-refractivity contribution in [3.8, 4) is 11.8 Å². The molecule has 1 aromatic rings. The SMILES string of the molecule is COC(=O)C#Cc1ccc(CC(C)=O)cc1. The van der Waals surface area contributed by atoms with Gasteiger partial charge in [-0.3, -0.25) is 4.79 Å². The van der Waals surface area contributed by atoms with E-state index in [0.717, 1.165) is 11.1 Å². The Morgan fingerprint density at radius 3 is 2.38 bits per heavy atom. The molecule has 0 fully saturated rings. The lowest BCUT2D eigenvalue weighted by molar-refractivity contribution is -0.133. The minimum atomic E-state index is -0.562. The predicted molar refractivity (Wildman–Crippen MR) is 59.7 cm³/mol. The van der Waals surface area contributed by atoms with Gasteiger partial charge >= 0.3 is 5.97 Å². The van der Waals surface area contributed by atoms with Crippen molar-refractivity contribution in [2.24, 2.45) is 0 Å². The maximum absolute atomic E-state index is 10.9. The van der Waals surface area contributed by atoms with E-state index in [1.54, 1.807) is 19.1 Å². The van der Waals surface area contributed by atoms with Crippen molar-refractivity contribution < 1.29 is 14.3 Å². The standard InChI is InChI=1S/C13H12O3/c1-10(14)9-12-5-3-11(4-6-12)7-8-13(15)16-2/h3-6H,9H2,1-2H3. The van der Waals surface area contributed by atoms with E-state index in [9.17, 15) is 9.59 Å². The largest absolute Gasteiger partial charge is 0.459 e. The summed E-state index contributed by atoms with van der Waals surface area (Å²) in [5, 5.41) is 0. The van der Waals surface area contributed by atoms with E-state index in [4.69, 9.17) is 0 Å². The fraction of sp³-hybridized carbons (Fsp3) is 0.231. The Morgan fingerprint density at radius 2 is 1.88 bits per heavy atom. The van der Waals surface area contributed by atoms with Crippen LogP contribution in [0.3, 0.4) is 0 Å². The van der Waals surface area contributed by atoms with Gasteiger partial charge in [0.25, 0.3) is 0 Å². The van der Waals surface area contributed by atoms with Gasteiger partial charge in [0.1, 0.15) is 5.78 Å². The molecule has 0 N–H and O–H groups in total. The zero-order valence-electron chi connectivity index (χ0n) is 9.24. The summed E-state index contributed by atoms with van der Waals surface area (Å²) in [6, 6.07) is 7.19. The quantitative estimate of drug-likeness (QED) is 0.553. The van der Waals surface area contributed by atoms with E-state index < -0.39 is 5.97 Å². The van der Waals surface area contributed by atoms with E-state index in [0.29, 0.717) is 6.42 Å². The van der Waals surface area contributed by atoms with Gasteiger partial charge in [-0.1, -0.05) is 18.1 Å². The second kappa shape index (κ2) is 5.72. The van der Waals surface area contributed by atoms with Crippen LogP contribution in [0.5, 0.6) is 0 Å². The Hall–Kier alpha value is -2.08. The molecule has 3 heteroatoms. The molecule has 82 valence electrons. The Balaban J connectivity index is 2.74. The third-order valence-electron chi connectivity index (χ3n) is 1.90. The molecule has 3 nitrogen and oxygen atoms in total. The molecular formula is C13H12O3. The number of hydrogen-bond acceptors (Lipinski definition) is 3. The molecule has 0 saturated carbocycles. The number of esters is 1. The monoisotopic (exact) mass is 216 g/mol. The number of rotatable bonds is 2. The topological polar surface area (TPSA) is 43.4 Å². The first-order valence-corrected chi connectivity index (χ1v) is 4.80. The van der Waals surface area contributed by atoms with Crippen LogP contribution in [0.2, 0.25) is 0 Å². The van der Waals surface area contributed by atoms with Gasteiger partial charge in [-0.05, 0) is 24.6 Å². The summed E-state index contributed by atoms with van der Waals surface area (Å²) in [6.45, 7) is 1.55. The van der Waals surface area contributed by atoms with E-state index in [1.165, 1.54) is 7.11 Å². The Kier molecular flexibility index (Phi) is 4.28. The van der Waals surface area contributed by atoms with E-state index >= 15 is 0 Å². The smallest absolute Gasteiger partial charge is 0.384 e. The van der Waals surface area contributed by atoms with E-state index in [-0.39, 0.29) is 5.78 Å². The maximum atomic E-state index is 10.9. The molecule has 0 aliphatic heterocycles. The lowest BCUT2D eigenvalue weighted by Gasteiger charge is -1.97. The molecule has 1 rings (SSSR count). The molecular weight excluding hydrogens is 204 g/mol. The van der Waals surface area contributed by atoms with Crippen LogP contribution in [0.1, 0.15) is 18.1 Å². The molecule has 0 aliphatic rings. The maximum Gasteiger partial charge on any atom is 0.384 e. The third kappa shape index (κ3) is 3.97. The molecule has 0 bridgehead atoms. The highest BCUT2D eigenvalue weighted by Gasteiger charge is 1.97. The molecule has 0 radical (unpaired) electrons. The molecule has 0 aliphatic carbocycles. The Bertz CT molecular complexity index is 446. The molecule has 0 unspecified atom stereocenters. The van der Waals surface area contributed by atoms with Crippen molar-refractivity contribution in [2.75, 3.05) is 7.11 Å². The minimum Gasteiger partial charge on any atom is -0.459 e. The minimum absolute atomic E-state index is 0.119. The van der Waals surface area contributed by atoms with Crippen LogP contribution in [0.25, 0.3) is 0 Å². The number of carbonyl (C=O) groups is 2. The van der Waals surface area contributed by atoms with E-state index in [2.05, 4.69) is 16.6 Å². The summed E-state index contributed by atoms with van der Waals surface area (Å²) in [6.07, 6.45) is 0.421. The average Bonchev–Trinajstić information content (AvgIpc) is 2.27. The zero-order valence-corrected chi connectivity index (χ0v) is 9.24. The normalized spacial score (nSPS) is 8.88. The van der Waals surface area contributed by atoms with Crippen LogP contribution in [-0.4, -0.2) is 18.9 Å². The molecule has 16 heavy (non-hydrogen) atoms. The van der Waals surface area contributed by atoms with Gasteiger partial charge in [0.05, 0.1) is 7.11 Å². The van der Waals surface area contributed by atoms with Gasteiger partial charge in [-0.25, -0.2) is 4.79 Å². The third-order valence-corrected chi connectivity index (χ3v) is 1.90. The van der Waals surface area contributed by atoms with Crippen LogP contribution < -0.4 is 0 Å². The first-order valence-electron chi connectivity index (χ1n) is 4.80. The average molecular weight is 216 g/mol. The van der Waals surface area contributed by atoms with E-state index in [1.807, 2.05) is 12.1 Å². The fourth-order valence-electron chi connectivity index (χ4n) is 1.17. The number of ketones is 1. The Labute approximate surface area is 94.4 Å². The van der Waals surface area contributed by atoms with Crippen molar-refractivity contribution in [2.45, 2.75) is 13.3 Å². The Morgan fingerprint density at radius 1 is 1.25 bits per heavy atom. The first-order chi connectivity index (χ1) is 7.61. The summed E-state index contributed by atoms with van der Waals surface area (Å²) in [4.78, 5) is 21.6. The first kappa shape index (κ1) is 12.0. The summed E-state index contributed by atoms with van der Waals surface area (Å²) in [7, 11) is 1.28. The van der Waals surface area contributed by atoms with Gasteiger partial charge in [-0.15, -0.1) is 0 Å². The second-order valence-corrected chi connectivity index (χ2v) is 3.32. The molecule has 0 spiro atoms. The lowest BCUT2D eigenvalue weighted by atomic mass is 10.1. The highest BCUT2D eigenvalue weighted by molar-refractivity contribution is 5.89. The van der Waals surface area contributed by atoms with Crippen molar-refractivity contribution in [1.29, 1.82) is 0 Å². The second-order valence-electron chi connectivity index (χ2n) is 3.32. The fourth-order valence-corrected chi connectivity index (χ4v) is 1.17. The number of carbonyl (C=O) groups excluding carboxylic acids is 2. The van der Waals surface area contributed by atoms with Crippen molar-refractivity contribution >= 4 is 11.8 Å². The van der Waals surface area contributed by atoms with Crippen molar-refractivity contribution in [3.63, 3.8) is 0 Å². The molecule has 0 heterocycles. The van der Waals surface area contributed by atoms with Gasteiger partial charge in [0, 0.05) is 17.9 Å². The number of ether oxygens (including phenoxy) is 1. The van der Waals surface area contributed by atoms with Gasteiger partial charge in [0.15, 0.2) is 0 Å². The van der Waals surface area contributed by atoms with Crippen molar-refractivity contribution in [3.05, 3.63) is 35.4 Å². The number of benzene rings is 1. The number of methoxy groups -OCH3 is 1. The van der Waals surface area contributed by atoms with Crippen LogP contribution in [0, 0.1) is 11.8 Å². The zero-order chi connectivity index (χ0) is 12.0. The predicted octanol–water partition coefficient (Wildman–Crippen LogP) is 1.34. The summed E-state index contributed by atoms with van der Waals surface area (Å²) in [5.41, 5.74) is 1.66. The summed E-state index contributed by atoms with van der Waals surface area (Å²) in [5.74, 6) is 4.55. The van der Waals surface area contributed by atoms with Crippen LogP contribution in [0.4, 0.5) is 0 Å². The van der Waals surface area contributed by atoms with Gasteiger partial charge in [-0.2, -0.15) is 0 Å². The number of Topliss-reactive ketones (excluding diaryl/α,β-unsaturated/α-hetero) is 1. The highest BCUT2D eigenvalue weighted by Crippen LogP contribution is 2.04.